The molecule has 0 aliphatic rings. The fourth-order valence-corrected chi connectivity index (χ4v) is 1.82. The monoisotopic (exact) mass is 245 g/mol. The van der Waals surface area contributed by atoms with E-state index < -0.39 is 0 Å². The van der Waals surface area contributed by atoms with Crippen molar-refractivity contribution in [3.63, 3.8) is 0 Å². The van der Waals surface area contributed by atoms with Gasteiger partial charge in [-0.2, -0.15) is 4.52 Å². The van der Waals surface area contributed by atoms with Crippen LogP contribution in [-0.2, 0) is 0 Å². The maximum absolute atomic E-state index is 5.94. The van der Waals surface area contributed by atoms with E-state index in [9.17, 15) is 0 Å². The van der Waals surface area contributed by atoms with Crippen LogP contribution >= 0.6 is 11.6 Å². The predicted octanol–water partition coefficient (Wildman–Crippen LogP) is 2.03. The molecule has 0 saturated heterocycles. The van der Waals surface area contributed by atoms with Crippen molar-refractivity contribution in [3.05, 3.63) is 41.7 Å². The van der Waals surface area contributed by atoms with Gasteiger partial charge in [-0.1, -0.05) is 28.9 Å². The molecule has 2 N–H and O–H groups in total. The third-order valence-corrected chi connectivity index (χ3v) is 2.61. The fourth-order valence-electron chi connectivity index (χ4n) is 1.63. The molecule has 5 nitrogen and oxygen atoms in total. The minimum Gasteiger partial charge on any atom is -0.396 e. The average Bonchev–Trinajstić information content (AvgIpc) is 2.71. The highest BCUT2D eigenvalue weighted by molar-refractivity contribution is 6.30. The first-order valence-corrected chi connectivity index (χ1v) is 5.34. The van der Waals surface area contributed by atoms with Crippen LogP contribution in [-0.4, -0.2) is 19.8 Å². The molecule has 0 amide bonds. The van der Waals surface area contributed by atoms with Crippen LogP contribution in [0.15, 0.2) is 36.7 Å². The Balaban J connectivity index is 2.24. The molecule has 3 aromatic rings. The fraction of sp³-hybridized carbons (Fsp3) is 0. The van der Waals surface area contributed by atoms with Gasteiger partial charge in [0.2, 0.25) is 0 Å². The van der Waals surface area contributed by atoms with Crippen molar-refractivity contribution in [3.8, 4) is 11.3 Å². The van der Waals surface area contributed by atoms with E-state index >= 15 is 0 Å². The summed E-state index contributed by atoms with van der Waals surface area (Å²) in [5.74, 6) is 0. The second kappa shape index (κ2) is 3.71. The van der Waals surface area contributed by atoms with Crippen molar-refractivity contribution >= 4 is 22.9 Å². The number of benzene rings is 1. The molecule has 1 aromatic carbocycles. The lowest BCUT2D eigenvalue weighted by Crippen LogP contribution is -1.94. The second-order valence-electron chi connectivity index (χ2n) is 3.60. The Hall–Kier alpha value is -2.14. The van der Waals surface area contributed by atoms with Gasteiger partial charge in [0, 0.05) is 10.6 Å². The number of nitrogens with zero attached hydrogens (tertiary/aromatic N) is 4. The Labute approximate surface area is 102 Å². The largest absolute Gasteiger partial charge is 0.396 e. The molecule has 2 aromatic heterocycles. The molecule has 0 saturated carbocycles. The number of hydrogen-bond donors (Lipinski definition) is 1. The molecular formula is C11H8ClN5. The van der Waals surface area contributed by atoms with Crippen molar-refractivity contribution in [2.75, 3.05) is 5.73 Å². The van der Waals surface area contributed by atoms with Gasteiger partial charge in [0.15, 0.2) is 5.65 Å². The van der Waals surface area contributed by atoms with E-state index in [1.54, 1.807) is 16.9 Å². The molecule has 0 radical (unpaired) electrons. The van der Waals surface area contributed by atoms with Gasteiger partial charge in [-0.25, -0.2) is 4.98 Å². The molecule has 0 bridgehead atoms. The lowest BCUT2D eigenvalue weighted by molar-refractivity contribution is 0.849. The third-order valence-electron chi connectivity index (χ3n) is 2.38. The van der Waals surface area contributed by atoms with E-state index in [1.165, 1.54) is 0 Å². The van der Waals surface area contributed by atoms with Gasteiger partial charge in [-0.3, -0.25) is 0 Å². The summed E-state index contributed by atoms with van der Waals surface area (Å²) in [6, 6.07) is 7.40. The SMILES string of the molecule is Nc1cnc2c(-c3cccc(Cl)c3)nnn2c1. The van der Waals surface area contributed by atoms with E-state index in [2.05, 4.69) is 15.3 Å². The molecule has 3 rings (SSSR count). The summed E-state index contributed by atoms with van der Waals surface area (Å²) in [4.78, 5) is 4.22. The molecule has 0 unspecified atom stereocenters. The second-order valence-corrected chi connectivity index (χ2v) is 4.04. The van der Waals surface area contributed by atoms with Crippen molar-refractivity contribution < 1.29 is 0 Å². The van der Waals surface area contributed by atoms with Gasteiger partial charge < -0.3 is 5.73 Å². The van der Waals surface area contributed by atoms with Crippen molar-refractivity contribution in [1.82, 2.24) is 19.8 Å². The number of aromatic nitrogens is 4. The van der Waals surface area contributed by atoms with Gasteiger partial charge in [-0.15, -0.1) is 5.10 Å². The standard InChI is InChI=1S/C11H8ClN5/c12-8-3-1-2-7(4-8)10-11-14-5-9(13)6-17(11)16-15-10/h1-6H,13H2. The van der Waals surface area contributed by atoms with Crippen LogP contribution in [0.2, 0.25) is 5.02 Å². The number of halogens is 1. The topological polar surface area (TPSA) is 69.1 Å². The Morgan fingerprint density at radius 2 is 2.18 bits per heavy atom. The van der Waals surface area contributed by atoms with Crippen LogP contribution in [0, 0.1) is 0 Å². The van der Waals surface area contributed by atoms with Crippen LogP contribution in [0.3, 0.4) is 0 Å². The minimum atomic E-state index is 0.542. The first-order chi connectivity index (χ1) is 8.24. The molecule has 2 heterocycles. The van der Waals surface area contributed by atoms with Crippen LogP contribution in [0.5, 0.6) is 0 Å². The number of nitrogens with two attached hydrogens (primary N) is 1. The summed E-state index contributed by atoms with van der Waals surface area (Å²) in [7, 11) is 0. The molecule has 0 aliphatic heterocycles. The normalized spacial score (nSPS) is 10.9. The van der Waals surface area contributed by atoms with Crippen LogP contribution in [0.1, 0.15) is 0 Å². The van der Waals surface area contributed by atoms with Gasteiger partial charge in [0.25, 0.3) is 0 Å². The summed E-state index contributed by atoms with van der Waals surface area (Å²) in [6.45, 7) is 0. The lowest BCUT2D eigenvalue weighted by atomic mass is 10.1. The molecule has 0 atom stereocenters. The van der Waals surface area contributed by atoms with E-state index in [-0.39, 0.29) is 0 Å². The highest BCUT2D eigenvalue weighted by atomic mass is 35.5. The zero-order valence-electron chi connectivity index (χ0n) is 8.71. The molecule has 0 fully saturated rings. The number of nitrogen functional groups attached to an aromatic ring is 1. The quantitative estimate of drug-likeness (QED) is 0.712. The summed E-state index contributed by atoms with van der Waals surface area (Å²) >= 11 is 5.94. The highest BCUT2D eigenvalue weighted by Crippen LogP contribution is 2.23. The number of fused-ring (bicyclic) bond motifs is 1. The third kappa shape index (κ3) is 1.70. The summed E-state index contributed by atoms with van der Waals surface area (Å²) < 4.78 is 1.55. The number of hydrogen-bond acceptors (Lipinski definition) is 4. The maximum Gasteiger partial charge on any atom is 0.183 e. The molecular weight excluding hydrogens is 238 g/mol. The molecule has 0 aliphatic carbocycles. The lowest BCUT2D eigenvalue weighted by Gasteiger charge is -1.98. The summed E-state index contributed by atoms with van der Waals surface area (Å²) in [5, 5.41) is 8.70. The van der Waals surface area contributed by atoms with E-state index in [4.69, 9.17) is 17.3 Å². The summed E-state index contributed by atoms with van der Waals surface area (Å²) in [5.41, 5.74) is 8.39. The Bertz CT molecular complexity index is 691. The zero-order valence-corrected chi connectivity index (χ0v) is 9.46. The summed E-state index contributed by atoms with van der Waals surface area (Å²) in [6.07, 6.45) is 3.25. The highest BCUT2D eigenvalue weighted by Gasteiger charge is 2.10. The van der Waals surface area contributed by atoms with Crippen LogP contribution in [0.25, 0.3) is 16.9 Å². The van der Waals surface area contributed by atoms with Crippen molar-refractivity contribution in [2.45, 2.75) is 0 Å². The Kier molecular flexibility index (Phi) is 2.19. The molecule has 6 heteroatoms. The predicted molar refractivity (Wildman–Crippen MR) is 65.6 cm³/mol. The molecule has 84 valence electrons. The van der Waals surface area contributed by atoms with Gasteiger partial charge in [-0.05, 0) is 12.1 Å². The Morgan fingerprint density at radius 1 is 1.29 bits per heavy atom. The van der Waals surface area contributed by atoms with Crippen LogP contribution in [0.4, 0.5) is 5.69 Å². The van der Waals surface area contributed by atoms with Gasteiger partial charge in [0.1, 0.15) is 5.69 Å². The maximum atomic E-state index is 5.94. The molecule has 0 spiro atoms. The van der Waals surface area contributed by atoms with Crippen molar-refractivity contribution in [1.29, 1.82) is 0 Å². The minimum absolute atomic E-state index is 0.542. The van der Waals surface area contributed by atoms with Gasteiger partial charge >= 0.3 is 0 Å². The zero-order chi connectivity index (χ0) is 11.8. The van der Waals surface area contributed by atoms with E-state index in [0.717, 1.165) is 5.56 Å². The van der Waals surface area contributed by atoms with E-state index in [0.29, 0.717) is 22.1 Å². The van der Waals surface area contributed by atoms with Crippen LogP contribution < -0.4 is 5.73 Å². The number of anilines is 1. The molecule has 17 heavy (non-hydrogen) atoms. The van der Waals surface area contributed by atoms with Crippen molar-refractivity contribution in [2.24, 2.45) is 0 Å². The van der Waals surface area contributed by atoms with Gasteiger partial charge in [0.05, 0.1) is 18.1 Å². The smallest absolute Gasteiger partial charge is 0.183 e. The first-order valence-electron chi connectivity index (χ1n) is 4.96. The Morgan fingerprint density at radius 3 is 3.00 bits per heavy atom. The number of rotatable bonds is 1. The van der Waals surface area contributed by atoms with E-state index in [1.807, 2.05) is 24.3 Å². The first kappa shape index (κ1) is 10.0. The average molecular weight is 246 g/mol.